The van der Waals surface area contributed by atoms with Crippen LogP contribution in [0.2, 0.25) is 0 Å². The highest BCUT2D eigenvalue weighted by Gasteiger charge is 2.20. The van der Waals surface area contributed by atoms with Crippen molar-refractivity contribution in [3.8, 4) is 0 Å². The highest BCUT2D eigenvalue weighted by atomic mass is 32.2. The van der Waals surface area contributed by atoms with Crippen molar-refractivity contribution in [1.29, 1.82) is 0 Å². The summed E-state index contributed by atoms with van der Waals surface area (Å²) in [5.74, 6) is 0. The van der Waals surface area contributed by atoms with Gasteiger partial charge in [0, 0.05) is 37.0 Å². The zero-order chi connectivity index (χ0) is 15.1. The van der Waals surface area contributed by atoms with Gasteiger partial charge in [-0.2, -0.15) is 5.10 Å². The van der Waals surface area contributed by atoms with Crippen molar-refractivity contribution < 1.29 is 8.42 Å². The number of hydrogen-bond acceptors (Lipinski definition) is 5. The fraction of sp³-hybridized carbons (Fsp3) is 0.500. The summed E-state index contributed by atoms with van der Waals surface area (Å²) in [5, 5.41) is 9.66. The first kappa shape index (κ1) is 15.7. The van der Waals surface area contributed by atoms with Gasteiger partial charge in [0.1, 0.15) is 0 Å². The van der Waals surface area contributed by atoms with E-state index in [9.17, 15) is 8.42 Å². The third-order valence-corrected chi connectivity index (χ3v) is 4.41. The van der Waals surface area contributed by atoms with Crippen LogP contribution in [0.25, 0.3) is 0 Å². The predicted molar refractivity (Wildman–Crippen MR) is 78.1 cm³/mol. The van der Waals surface area contributed by atoms with E-state index in [0.717, 1.165) is 18.7 Å². The molecule has 2 rings (SSSR count). The summed E-state index contributed by atoms with van der Waals surface area (Å²) < 4.78 is 27.0. The van der Waals surface area contributed by atoms with Gasteiger partial charge in [0.15, 0.2) is 5.03 Å². The molecule has 0 aliphatic heterocycles. The zero-order valence-electron chi connectivity index (χ0n) is 11.9. The van der Waals surface area contributed by atoms with E-state index in [2.05, 4.69) is 37.1 Å². The van der Waals surface area contributed by atoms with Gasteiger partial charge in [-0.15, -0.1) is 0 Å². The number of rotatable bonds is 9. The minimum absolute atomic E-state index is 0.121. The topological polar surface area (TPSA) is 116 Å². The Morgan fingerprint density at radius 2 is 2.14 bits per heavy atom. The number of aromatic amines is 2. The Morgan fingerprint density at radius 1 is 1.29 bits per heavy atom. The number of H-pyrrole nitrogens is 2. The van der Waals surface area contributed by atoms with Gasteiger partial charge in [0.2, 0.25) is 0 Å². The van der Waals surface area contributed by atoms with E-state index >= 15 is 0 Å². The van der Waals surface area contributed by atoms with Gasteiger partial charge in [0.05, 0.1) is 12.5 Å². The first-order valence-electron chi connectivity index (χ1n) is 6.83. The minimum atomic E-state index is -3.58. The van der Waals surface area contributed by atoms with Crippen LogP contribution in [0, 0.1) is 0 Å². The van der Waals surface area contributed by atoms with E-state index in [1.807, 2.05) is 0 Å². The maximum absolute atomic E-state index is 12.2. The van der Waals surface area contributed by atoms with Crippen LogP contribution >= 0.6 is 0 Å². The lowest BCUT2D eigenvalue weighted by molar-refractivity contribution is 0.573. The molecule has 0 spiro atoms. The lowest BCUT2D eigenvalue weighted by Gasteiger charge is -2.07. The first-order valence-corrected chi connectivity index (χ1v) is 8.31. The van der Waals surface area contributed by atoms with Crippen LogP contribution < -0.4 is 10.0 Å². The average molecular weight is 312 g/mol. The van der Waals surface area contributed by atoms with Crippen molar-refractivity contribution in [3.05, 3.63) is 30.0 Å². The molecule has 0 saturated carbocycles. The molecule has 2 aromatic heterocycles. The van der Waals surface area contributed by atoms with Gasteiger partial charge in [-0.3, -0.25) is 5.10 Å². The molecular formula is C12H20N6O2S. The molecule has 0 aliphatic carbocycles. The van der Waals surface area contributed by atoms with Gasteiger partial charge in [-0.05, 0) is 13.0 Å². The molecule has 9 heteroatoms. The Balaban J connectivity index is 1.94. The molecule has 0 aliphatic rings. The average Bonchev–Trinajstić information content (AvgIpc) is 3.10. The second-order valence-corrected chi connectivity index (χ2v) is 6.33. The summed E-state index contributed by atoms with van der Waals surface area (Å²) in [6.45, 7) is 3.65. The number of hydrogen-bond donors (Lipinski definition) is 4. The second-order valence-electron chi connectivity index (χ2n) is 4.63. The molecule has 0 atom stereocenters. The van der Waals surface area contributed by atoms with Crippen LogP contribution in [0.4, 0.5) is 0 Å². The smallest absolute Gasteiger partial charge is 0.257 e. The van der Waals surface area contributed by atoms with Crippen molar-refractivity contribution in [2.45, 2.75) is 31.3 Å². The largest absolute Gasteiger partial charge is 0.348 e. The molecule has 2 heterocycles. The number of sulfonamides is 1. The Bertz CT molecular complexity index is 635. The van der Waals surface area contributed by atoms with E-state index in [4.69, 9.17) is 0 Å². The highest BCUT2D eigenvalue weighted by molar-refractivity contribution is 7.89. The van der Waals surface area contributed by atoms with Crippen LogP contribution in [-0.4, -0.2) is 41.7 Å². The highest BCUT2D eigenvalue weighted by Crippen LogP contribution is 2.11. The second kappa shape index (κ2) is 7.34. The van der Waals surface area contributed by atoms with E-state index < -0.39 is 10.0 Å². The van der Waals surface area contributed by atoms with Crippen molar-refractivity contribution in [2.24, 2.45) is 0 Å². The van der Waals surface area contributed by atoms with Gasteiger partial charge >= 0.3 is 0 Å². The standard InChI is InChI=1S/C12H20N6O2S/c1-2-4-13-6-10-7-16-18-12(10)21(19,20)17-5-3-11-8-14-9-15-11/h7-9,13,17H,2-6H2,1H3,(H,14,15)(H,16,18). The summed E-state index contributed by atoms with van der Waals surface area (Å²) in [5.41, 5.74) is 1.52. The number of nitrogens with one attached hydrogen (secondary N) is 4. The van der Waals surface area contributed by atoms with Crippen LogP contribution in [0.1, 0.15) is 24.6 Å². The van der Waals surface area contributed by atoms with Crippen molar-refractivity contribution in [1.82, 2.24) is 30.2 Å². The Morgan fingerprint density at radius 3 is 2.86 bits per heavy atom. The van der Waals surface area contributed by atoms with Crippen LogP contribution in [0.15, 0.2) is 23.7 Å². The van der Waals surface area contributed by atoms with Crippen LogP contribution in [-0.2, 0) is 23.0 Å². The zero-order valence-corrected chi connectivity index (χ0v) is 12.7. The first-order chi connectivity index (χ1) is 10.1. The van der Waals surface area contributed by atoms with Gasteiger partial charge < -0.3 is 10.3 Å². The lowest BCUT2D eigenvalue weighted by atomic mass is 10.3. The lowest BCUT2D eigenvalue weighted by Crippen LogP contribution is -2.28. The third-order valence-electron chi connectivity index (χ3n) is 2.93. The fourth-order valence-electron chi connectivity index (χ4n) is 1.87. The maximum Gasteiger partial charge on any atom is 0.257 e. The quantitative estimate of drug-likeness (QED) is 0.492. The maximum atomic E-state index is 12.2. The molecule has 0 aromatic carbocycles. The third kappa shape index (κ3) is 4.38. The number of aromatic nitrogens is 4. The van der Waals surface area contributed by atoms with Crippen molar-refractivity contribution in [2.75, 3.05) is 13.1 Å². The molecule has 4 N–H and O–H groups in total. The SMILES string of the molecule is CCCNCc1cn[nH]c1S(=O)(=O)NCCc1cnc[nH]1. The minimum Gasteiger partial charge on any atom is -0.348 e. The Kier molecular flexibility index (Phi) is 5.48. The predicted octanol–water partition coefficient (Wildman–Crippen LogP) is 0.153. The molecule has 0 fully saturated rings. The molecule has 0 bridgehead atoms. The summed E-state index contributed by atoms with van der Waals surface area (Å²) in [6.07, 6.45) is 6.31. The molecule has 2 aromatic rings. The Hall–Kier alpha value is -1.71. The Labute approximate surface area is 123 Å². The summed E-state index contributed by atoms with van der Waals surface area (Å²) in [6, 6.07) is 0. The van der Waals surface area contributed by atoms with E-state index in [0.29, 0.717) is 25.1 Å². The van der Waals surface area contributed by atoms with Gasteiger partial charge in [-0.25, -0.2) is 18.1 Å². The molecule has 0 unspecified atom stereocenters. The summed E-state index contributed by atoms with van der Waals surface area (Å²) >= 11 is 0. The van der Waals surface area contributed by atoms with Crippen LogP contribution in [0.5, 0.6) is 0 Å². The summed E-state index contributed by atoms with van der Waals surface area (Å²) in [7, 11) is -3.58. The number of imidazole rings is 1. The van der Waals surface area contributed by atoms with E-state index in [1.165, 1.54) is 6.20 Å². The monoisotopic (exact) mass is 312 g/mol. The van der Waals surface area contributed by atoms with E-state index in [-0.39, 0.29) is 5.03 Å². The van der Waals surface area contributed by atoms with E-state index in [1.54, 1.807) is 12.5 Å². The van der Waals surface area contributed by atoms with Crippen molar-refractivity contribution in [3.63, 3.8) is 0 Å². The fourth-order valence-corrected chi connectivity index (χ4v) is 3.03. The molecule has 116 valence electrons. The van der Waals surface area contributed by atoms with Crippen LogP contribution in [0.3, 0.4) is 0 Å². The summed E-state index contributed by atoms with van der Waals surface area (Å²) in [4.78, 5) is 6.81. The van der Waals surface area contributed by atoms with Gasteiger partial charge in [-0.1, -0.05) is 6.92 Å². The molecule has 21 heavy (non-hydrogen) atoms. The van der Waals surface area contributed by atoms with Gasteiger partial charge in [0.25, 0.3) is 10.0 Å². The molecular weight excluding hydrogens is 292 g/mol. The normalized spacial score (nSPS) is 11.9. The molecule has 0 radical (unpaired) electrons. The molecule has 0 amide bonds. The molecule has 8 nitrogen and oxygen atoms in total. The molecule has 0 saturated heterocycles. The number of nitrogens with zero attached hydrogens (tertiary/aromatic N) is 2. The van der Waals surface area contributed by atoms with Crippen molar-refractivity contribution >= 4 is 10.0 Å².